The van der Waals surface area contributed by atoms with Gasteiger partial charge in [0.15, 0.2) is 5.60 Å². The standard InChI is InChI=1S/C7H10O3/c1-4-5(2)7(3,10)6(8)9/h1,5,10H,2-3H3,(H,8,9)/t5-,7+/m1/s1. The highest BCUT2D eigenvalue weighted by molar-refractivity contribution is 5.77. The molecule has 0 fully saturated rings. The molecule has 10 heavy (non-hydrogen) atoms. The number of carbonyl (C=O) groups is 1. The van der Waals surface area contributed by atoms with Crippen molar-refractivity contribution in [1.29, 1.82) is 0 Å². The summed E-state index contributed by atoms with van der Waals surface area (Å²) in [7, 11) is 0. The predicted octanol–water partition coefficient (Wildman–Crippen LogP) is 0.0913. The van der Waals surface area contributed by atoms with Crippen molar-refractivity contribution in [3.05, 3.63) is 0 Å². The number of carboxylic acid groups (broad SMARTS) is 1. The number of aliphatic carboxylic acids is 1. The predicted molar refractivity (Wildman–Crippen MR) is 36.3 cm³/mol. The Morgan fingerprint density at radius 3 is 2.30 bits per heavy atom. The molecule has 0 saturated carbocycles. The molecule has 0 aliphatic carbocycles. The zero-order valence-corrected chi connectivity index (χ0v) is 5.96. The van der Waals surface area contributed by atoms with Crippen LogP contribution in [0.15, 0.2) is 0 Å². The fraction of sp³-hybridized carbons (Fsp3) is 0.571. The van der Waals surface area contributed by atoms with Gasteiger partial charge in [-0.1, -0.05) is 5.92 Å². The van der Waals surface area contributed by atoms with Gasteiger partial charge in [0.05, 0.1) is 5.92 Å². The van der Waals surface area contributed by atoms with Crippen LogP contribution in [0.5, 0.6) is 0 Å². The van der Waals surface area contributed by atoms with Gasteiger partial charge in [-0.15, -0.1) is 6.42 Å². The number of hydrogen-bond donors (Lipinski definition) is 2. The summed E-state index contributed by atoms with van der Waals surface area (Å²) in [4.78, 5) is 10.3. The molecule has 0 aromatic heterocycles. The third-order valence-electron chi connectivity index (χ3n) is 1.53. The molecule has 0 aromatic carbocycles. The molecule has 0 amide bonds. The lowest BCUT2D eigenvalue weighted by Gasteiger charge is -2.20. The first-order valence-corrected chi connectivity index (χ1v) is 2.84. The van der Waals surface area contributed by atoms with Crippen LogP contribution >= 0.6 is 0 Å². The molecule has 0 unspecified atom stereocenters. The van der Waals surface area contributed by atoms with Crippen LogP contribution in [0, 0.1) is 18.3 Å². The van der Waals surface area contributed by atoms with Crippen LogP contribution < -0.4 is 0 Å². The van der Waals surface area contributed by atoms with Crippen LogP contribution in [0.4, 0.5) is 0 Å². The average molecular weight is 142 g/mol. The Morgan fingerprint density at radius 2 is 2.20 bits per heavy atom. The summed E-state index contributed by atoms with van der Waals surface area (Å²) in [5, 5.41) is 17.5. The second kappa shape index (κ2) is 2.72. The summed E-state index contributed by atoms with van der Waals surface area (Å²) in [6, 6.07) is 0. The SMILES string of the molecule is C#C[C@@H](C)[C@](C)(O)C(=O)O. The van der Waals surface area contributed by atoms with Gasteiger partial charge in [-0.2, -0.15) is 0 Å². The first-order chi connectivity index (χ1) is 4.42. The van der Waals surface area contributed by atoms with Crippen molar-refractivity contribution in [1.82, 2.24) is 0 Å². The van der Waals surface area contributed by atoms with Gasteiger partial charge in [-0.25, -0.2) is 4.79 Å². The van der Waals surface area contributed by atoms with E-state index >= 15 is 0 Å². The minimum atomic E-state index is -1.81. The van der Waals surface area contributed by atoms with Crippen LogP contribution in [0.25, 0.3) is 0 Å². The van der Waals surface area contributed by atoms with Gasteiger partial charge < -0.3 is 10.2 Å². The Kier molecular flexibility index (Phi) is 2.44. The molecule has 2 atom stereocenters. The van der Waals surface area contributed by atoms with Crippen LogP contribution in [0.1, 0.15) is 13.8 Å². The first-order valence-electron chi connectivity index (χ1n) is 2.84. The molecule has 0 radical (unpaired) electrons. The monoisotopic (exact) mass is 142 g/mol. The molecule has 0 aliphatic heterocycles. The smallest absolute Gasteiger partial charge is 0.336 e. The van der Waals surface area contributed by atoms with E-state index in [1.807, 2.05) is 0 Å². The molecule has 0 aliphatic rings. The van der Waals surface area contributed by atoms with Gasteiger partial charge in [0.2, 0.25) is 0 Å². The number of hydrogen-bond acceptors (Lipinski definition) is 2. The summed E-state index contributed by atoms with van der Waals surface area (Å²) < 4.78 is 0. The second-order valence-electron chi connectivity index (χ2n) is 2.34. The molecule has 0 rings (SSSR count). The average Bonchev–Trinajstić information content (AvgIpc) is 1.86. The molecule has 2 N–H and O–H groups in total. The highest BCUT2D eigenvalue weighted by Gasteiger charge is 2.35. The molecular weight excluding hydrogens is 132 g/mol. The van der Waals surface area contributed by atoms with Crippen LogP contribution in [-0.2, 0) is 4.79 Å². The summed E-state index contributed by atoms with van der Waals surface area (Å²) in [5.41, 5.74) is -1.81. The fourth-order valence-electron chi connectivity index (χ4n) is 0.347. The zero-order valence-electron chi connectivity index (χ0n) is 5.96. The van der Waals surface area contributed by atoms with Crippen molar-refractivity contribution >= 4 is 5.97 Å². The summed E-state index contributed by atoms with van der Waals surface area (Å²) >= 11 is 0. The molecule has 0 saturated heterocycles. The topological polar surface area (TPSA) is 57.5 Å². The minimum Gasteiger partial charge on any atom is -0.479 e. The minimum absolute atomic E-state index is 0.676. The molecule has 56 valence electrons. The van der Waals surface area contributed by atoms with Gasteiger partial charge in [0.25, 0.3) is 0 Å². The molecule has 3 nitrogen and oxygen atoms in total. The fourth-order valence-corrected chi connectivity index (χ4v) is 0.347. The van der Waals surface area contributed by atoms with Gasteiger partial charge in [-0.05, 0) is 13.8 Å². The quantitative estimate of drug-likeness (QED) is 0.537. The number of terminal acetylenes is 1. The van der Waals surface area contributed by atoms with Crippen molar-refractivity contribution in [2.45, 2.75) is 19.4 Å². The first kappa shape index (κ1) is 8.99. The summed E-state index contributed by atoms with van der Waals surface area (Å²) in [6.45, 7) is 2.66. The van der Waals surface area contributed by atoms with Gasteiger partial charge >= 0.3 is 5.97 Å². The largest absolute Gasteiger partial charge is 0.479 e. The Morgan fingerprint density at radius 1 is 1.80 bits per heavy atom. The normalized spacial score (nSPS) is 18.6. The third kappa shape index (κ3) is 1.49. The number of carboxylic acids is 1. The van der Waals surface area contributed by atoms with E-state index in [1.54, 1.807) is 0 Å². The van der Waals surface area contributed by atoms with Crippen LogP contribution in [0.3, 0.4) is 0 Å². The Balaban J connectivity index is 4.43. The third-order valence-corrected chi connectivity index (χ3v) is 1.53. The van der Waals surface area contributed by atoms with Crippen molar-refractivity contribution in [3.8, 4) is 12.3 Å². The van der Waals surface area contributed by atoms with Crippen molar-refractivity contribution in [3.63, 3.8) is 0 Å². The van der Waals surface area contributed by atoms with E-state index in [0.29, 0.717) is 0 Å². The van der Waals surface area contributed by atoms with E-state index in [2.05, 4.69) is 5.92 Å². The highest BCUT2D eigenvalue weighted by atomic mass is 16.4. The lowest BCUT2D eigenvalue weighted by Crippen LogP contribution is -2.40. The lowest BCUT2D eigenvalue weighted by molar-refractivity contribution is -0.159. The molecular formula is C7H10O3. The maximum atomic E-state index is 10.3. The molecule has 0 aromatic rings. The number of rotatable bonds is 2. The van der Waals surface area contributed by atoms with E-state index < -0.39 is 17.5 Å². The van der Waals surface area contributed by atoms with Crippen molar-refractivity contribution < 1.29 is 15.0 Å². The van der Waals surface area contributed by atoms with E-state index in [0.717, 1.165) is 0 Å². The second-order valence-corrected chi connectivity index (χ2v) is 2.34. The lowest BCUT2D eigenvalue weighted by atomic mass is 9.92. The Hall–Kier alpha value is -1.01. The van der Waals surface area contributed by atoms with E-state index in [4.69, 9.17) is 16.6 Å². The van der Waals surface area contributed by atoms with Crippen molar-refractivity contribution in [2.75, 3.05) is 0 Å². The molecule has 0 heterocycles. The van der Waals surface area contributed by atoms with Crippen molar-refractivity contribution in [2.24, 2.45) is 5.92 Å². The van der Waals surface area contributed by atoms with E-state index in [1.165, 1.54) is 13.8 Å². The van der Waals surface area contributed by atoms with Crippen LogP contribution in [-0.4, -0.2) is 21.8 Å². The van der Waals surface area contributed by atoms with E-state index in [9.17, 15) is 4.79 Å². The summed E-state index contributed by atoms with van der Waals surface area (Å²) in [5.74, 6) is 0.186. The Bertz CT molecular complexity index is 176. The highest BCUT2D eigenvalue weighted by Crippen LogP contribution is 2.15. The molecule has 0 spiro atoms. The van der Waals surface area contributed by atoms with E-state index in [-0.39, 0.29) is 0 Å². The molecule has 3 heteroatoms. The maximum Gasteiger partial charge on any atom is 0.336 e. The van der Waals surface area contributed by atoms with Gasteiger partial charge in [-0.3, -0.25) is 0 Å². The van der Waals surface area contributed by atoms with Gasteiger partial charge in [0, 0.05) is 0 Å². The summed E-state index contributed by atoms with van der Waals surface area (Å²) in [6.07, 6.45) is 4.92. The maximum absolute atomic E-state index is 10.3. The number of aliphatic hydroxyl groups is 1. The van der Waals surface area contributed by atoms with Crippen LogP contribution in [0.2, 0.25) is 0 Å². The Labute approximate surface area is 59.7 Å². The molecule has 0 bridgehead atoms. The zero-order chi connectivity index (χ0) is 8.36. The van der Waals surface area contributed by atoms with Gasteiger partial charge in [0.1, 0.15) is 0 Å².